The smallest absolute Gasteiger partial charge is 0.221 e. The van der Waals surface area contributed by atoms with Crippen molar-refractivity contribution in [1.29, 1.82) is 0 Å². The van der Waals surface area contributed by atoms with Crippen LogP contribution in [0.3, 0.4) is 0 Å². The summed E-state index contributed by atoms with van der Waals surface area (Å²) >= 11 is 6.80. The van der Waals surface area contributed by atoms with Crippen LogP contribution in [-0.2, 0) is 11.2 Å². The van der Waals surface area contributed by atoms with E-state index >= 15 is 0 Å². The summed E-state index contributed by atoms with van der Waals surface area (Å²) in [5.41, 5.74) is 1.19. The minimum atomic E-state index is -0.258. The Hall–Kier alpha value is -0.340. The standard InChI is InChI=1S/C7H7ClOS/c8-7(9)2-1-6-3-4-10-5-6/h3-5H,1-2H2. The van der Waals surface area contributed by atoms with Crippen LogP contribution in [0.1, 0.15) is 12.0 Å². The monoisotopic (exact) mass is 174 g/mol. The predicted octanol–water partition coefficient (Wildman–Crippen LogP) is 2.45. The number of rotatable bonds is 3. The summed E-state index contributed by atoms with van der Waals surface area (Å²) in [6.07, 6.45) is 1.21. The van der Waals surface area contributed by atoms with Gasteiger partial charge in [0.05, 0.1) is 0 Å². The molecule has 54 valence electrons. The molecule has 0 saturated carbocycles. The van der Waals surface area contributed by atoms with Crippen molar-refractivity contribution in [2.45, 2.75) is 12.8 Å². The summed E-state index contributed by atoms with van der Waals surface area (Å²) in [5.74, 6) is 0. The molecular formula is C7H7ClOS. The first-order valence-corrected chi connectivity index (χ1v) is 4.30. The van der Waals surface area contributed by atoms with Crippen LogP contribution in [0.25, 0.3) is 0 Å². The van der Waals surface area contributed by atoms with E-state index in [1.165, 1.54) is 5.56 Å². The number of halogens is 1. The van der Waals surface area contributed by atoms with Crippen molar-refractivity contribution in [2.24, 2.45) is 0 Å². The maximum absolute atomic E-state index is 10.3. The molecule has 0 fully saturated rings. The van der Waals surface area contributed by atoms with Crippen LogP contribution in [-0.4, -0.2) is 5.24 Å². The third-order valence-electron chi connectivity index (χ3n) is 1.19. The van der Waals surface area contributed by atoms with Crippen molar-refractivity contribution < 1.29 is 4.79 Å². The van der Waals surface area contributed by atoms with Gasteiger partial charge in [0.25, 0.3) is 0 Å². The maximum atomic E-state index is 10.3. The molecule has 0 radical (unpaired) electrons. The van der Waals surface area contributed by atoms with Gasteiger partial charge in [0, 0.05) is 6.42 Å². The average molecular weight is 175 g/mol. The van der Waals surface area contributed by atoms with Crippen LogP contribution in [0.5, 0.6) is 0 Å². The van der Waals surface area contributed by atoms with Gasteiger partial charge < -0.3 is 0 Å². The second-order valence-electron chi connectivity index (χ2n) is 1.99. The van der Waals surface area contributed by atoms with Crippen LogP contribution in [0.4, 0.5) is 0 Å². The van der Waals surface area contributed by atoms with E-state index in [2.05, 4.69) is 0 Å². The fraction of sp³-hybridized carbons (Fsp3) is 0.286. The maximum Gasteiger partial charge on any atom is 0.221 e. The quantitative estimate of drug-likeness (QED) is 0.644. The fourth-order valence-electron chi connectivity index (χ4n) is 0.678. The molecule has 0 aliphatic rings. The molecule has 0 bridgehead atoms. The highest BCUT2D eigenvalue weighted by Crippen LogP contribution is 2.08. The first-order chi connectivity index (χ1) is 4.79. The van der Waals surface area contributed by atoms with Gasteiger partial charge >= 0.3 is 0 Å². The second kappa shape index (κ2) is 3.74. The number of carbonyl (C=O) groups excluding carboxylic acids is 1. The van der Waals surface area contributed by atoms with E-state index in [0.717, 1.165) is 6.42 Å². The first-order valence-electron chi connectivity index (χ1n) is 2.98. The van der Waals surface area contributed by atoms with Crippen molar-refractivity contribution in [3.63, 3.8) is 0 Å². The minimum Gasteiger partial charge on any atom is -0.281 e. The molecule has 0 amide bonds. The van der Waals surface area contributed by atoms with E-state index in [1.807, 2.05) is 16.8 Å². The molecule has 0 saturated heterocycles. The lowest BCUT2D eigenvalue weighted by atomic mass is 10.2. The largest absolute Gasteiger partial charge is 0.281 e. The van der Waals surface area contributed by atoms with E-state index in [-0.39, 0.29) is 5.24 Å². The van der Waals surface area contributed by atoms with Gasteiger partial charge in [-0.25, -0.2) is 0 Å². The highest BCUT2D eigenvalue weighted by Gasteiger charge is 1.97. The Kier molecular flexibility index (Phi) is 2.90. The minimum absolute atomic E-state index is 0.258. The van der Waals surface area contributed by atoms with E-state index in [1.54, 1.807) is 11.3 Å². The van der Waals surface area contributed by atoms with Crippen molar-refractivity contribution in [3.05, 3.63) is 22.4 Å². The Morgan fingerprint density at radius 3 is 3.00 bits per heavy atom. The summed E-state index contributed by atoms with van der Waals surface area (Å²) in [6, 6.07) is 2.00. The predicted molar refractivity (Wildman–Crippen MR) is 43.5 cm³/mol. The van der Waals surface area contributed by atoms with Crippen molar-refractivity contribution in [1.82, 2.24) is 0 Å². The fourth-order valence-corrected chi connectivity index (χ4v) is 1.48. The zero-order chi connectivity index (χ0) is 7.40. The molecule has 1 aromatic rings. The van der Waals surface area contributed by atoms with Gasteiger partial charge in [-0.2, -0.15) is 11.3 Å². The van der Waals surface area contributed by atoms with Crippen molar-refractivity contribution >= 4 is 28.2 Å². The van der Waals surface area contributed by atoms with Crippen LogP contribution >= 0.6 is 22.9 Å². The average Bonchev–Trinajstić information content (AvgIpc) is 2.34. The molecule has 10 heavy (non-hydrogen) atoms. The number of aryl methyl sites for hydroxylation is 1. The van der Waals surface area contributed by atoms with E-state index in [4.69, 9.17) is 11.6 Å². The number of carbonyl (C=O) groups is 1. The van der Waals surface area contributed by atoms with Gasteiger partial charge in [-0.3, -0.25) is 4.79 Å². The van der Waals surface area contributed by atoms with Crippen molar-refractivity contribution in [3.8, 4) is 0 Å². The molecule has 3 heteroatoms. The van der Waals surface area contributed by atoms with Crippen LogP contribution in [0, 0.1) is 0 Å². The number of hydrogen-bond donors (Lipinski definition) is 0. The Balaban J connectivity index is 2.35. The third-order valence-corrected chi connectivity index (χ3v) is 2.11. The molecule has 0 unspecified atom stereocenters. The Morgan fingerprint density at radius 1 is 1.70 bits per heavy atom. The lowest BCUT2D eigenvalue weighted by Gasteiger charge is -1.89. The Morgan fingerprint density at radius 2 is 2.50 bits per heavy atom. The molecule has 1 heterocycles. The van der Waals surface area contributed by atoms with Gasteiger partial charge in [-0.05, 0) is 40.4 Å². The molecule has 1 nitrogen and oxygen atoms in total. The normalized spacial score (nSPS) is 9.70. The molecule has 0 spiro atoms. The zero-order valence-corrected chi connectivity index (χ0v) is 6.91. The molecule has 1 aromatic heterocycles. The summed E-state index contributed by atoms with van der Waals surface area (Å²) in [4.78, 5) is 10.3. The Labute approximate surface area is 68.6 Å². The van der Waals surface area contributed by atoms with E-state index in [9.17, 15) is 4.79 Å². The van der Waals surface area contributed by atoms with E-state index in [0.29, 0.717) is 6.42 Å². The van der Waals surface area contributed by atoms with Crippen molar-refractivity contribution in [2.75, 3.05) is 0 Å². The molecule has 1 rings (SSSR count). The zero-order valence-electron chi connectivity index (χ0n) is 5.34. The highest BCUT2D eigenvalue weighted by molar-refractivity contribution is 7.07. The topological polar surface area (TPSA) is 17.1 Å². The summed E-state index contributed by atoms with van der Waals surface area (Å²) < 4.78 is 0. The molecule has 0 atom stereocenters. The lowest BCUT2D eigenvalue weighted by molar-refractivity contribution is -0.111. The summed E-state index contributed by atoms with van der Waals surface area (Å²) in [6.45, 7) is 0. The molecule has 0 N–H and O–H groups in total. The van der Waals surface area contributed by atoms with Crippen LogP contribution in [0.2, 0.25) is 0 Å². The lowest BCUT2D eigenvalue weighted by Crippen LogP contribution is -1.88. The number of thiophene rings is 1. The Bertz CT molecular complexity index is 205. The summed E-state index contributed by atoms with van der Waals surface area (Å²) in [5, 5.41) is 3.76. The SMILES string of the molecule is O=C(Cl)CCc1ccsc1. The molecule has 0 aliphatic heterocycles. The van der Waals surface area contributed by atoms with Gasteiger partial charge in [0.15, 0.2) is 0 Å². The van der Waals surface area contributed by atoms with Gasteiger partial charge in [0.1, 0.15) is 0 Å². The van der Waals surface area contributed by atoms with Crippen LogP contribution in [0.15, 0.2) is 16.8 Å². The highest BCUT2D eigenvalue weighted by atomic mass is 35.5. The van der Waals surface area contributed by atoms with E-state index < -0.39 is 0 Å². The molecular weight excluding hydrogens is 168 g/mol. The van der Waals surface area contributed by atoms with Gasteiger partial charge in [-0.1, -0.05) is 0 Å². The van der Waals surface area contributed by atoms with Gasteiger partial charge in [0.2, 0.25) is 5.24 Å². The number of hydrogen-bond acceptors (Lipinski definition) is 2. The first kappa shape index (κ1) is 7.76. The van der Waals surface area contributed by atoms with Gasteiger partial charge in [-0.15, -0.1) is 0 Å². The third kappa shape index (κ3) is 2.50. The molecule has 0 aromatic carbocycles. The van der Waals surface area contributed by atoms with Crippen LogP contribution < -0.4 is 0 Å². The second-order valence-corrected chi connectivity index (χ2v) is 3.19. The molecule has 0 aliphatic carbocycles. The summed E-state index contributed by atoms with van der Waals surface area (Å²) in [7, 11) is 0.